The second-order valence-electron chi connectivity index (χ2n) is 7.72. The van der Waals surface area contributed by atoms with Gasteiger partial charge in [0.1, 0.15) is 0 Å². The molecule has 1 aliphatic heterocycles. The van der Waals surface area contributed by atoms with Crippen molar-refractivity contribution in [1.82, 2.24) is 14.8 Å². The molecule has 1 saturated carbocycles. The second kappa shape index (κ2) is 8.11. The van der Waals surface area contributed by atoms with Gasteiger partial charge in [-0.25, -0.2) is 0 Å². The first-order chi connectivity index (χ1) is 13.2. The predicted molar refractivity (Wildman–Crippen MR) is 110 cm³/mol. The van der Waals surface area contributed by atoms with Gasteiger partial charge in [-0.05, 0) is 48.2 Å². The third-order valence-electron chi connectivity index (χ3n) is 6.08. The molecule has 1 amide bonds. The molecule has 1 aliphatic carbocycles. The topological polar surface area (TPSA) is 36.4 Å². The molecular formula is C22H26BrN3O. The van der Waals surface area contributed by atoms with Crippen LogP contribution in [0.4, 0.5) is 0 Å². The van der Waals surface area contributed by atoms with Crippen molar-refractivity contribution in [1.29, 1.82) is 0 Å². The molecule has 1 aromatic carbocycles. The van der Waals surface area contributed by atoms with Gasteiger partial charge in [-0.3, -0.25) is 14.7 Å². The first kappa shape index (κ1) is 18.6. The van der Waals surface area contributed by atoms with E-state index in [1.807, 2.05) is 12.4 Å². The van der Waals surface area contributed by atoms with E-state index in [1.54, 1.807) is 0 Å². The lowest BCUT2D eigenvalue weighted by Crippen LogP contribution is -2.53. The molecule has 0 bridgehead atoms. The van der Waals surface area contributed by atoms with E-state index >= 15 is 0 Å². The minimum absolute atomic E-state index is 0.312. The number of amides is 1. The number of carbonyl (C=O) groups excluding carboxylic acids is 1. The maximum Gasteiger partial charge on any atom is 0.233 e. The molecule has 2 fully saturated rings. The Morgan fingerprint density at radius 3 is 2.22 bits per heavy atom. The first-order valence-electron chi connectivity index (χ1n) is 9.84. The fourth-order valence-electron chi connectivity index (χ4n) is 4.53. The Labute approximate surface area is 169 Å². The fraction of sp³-hybridized carbons (Fsp3) is 0.455. The summed E-state index contributed by atoms with van der Waals surface area (Å²) in [6.45, 7) is 4.45. The van der Waals surface area contributed by atoms with Crippen molar-refractivity contribution in [2.24, 2.45) is 0 Å². The largest absolute Gasteiger partial charge is 0.339 e. The van der Waals surface area contributed by atoms with Crippen molar-refractivity contribution < 1.29 is 4.79 Å². The Morgan fingerprint density at radius 1 is 0.963 bits per heavy atom. The van der Waals surface area contributed by atoms with Crippen LogP contribution in [0.15, 0.2) is 53.3 Å². The van der Waals surface area contributed by atoms with Gasteiger partial charge < -0.3 is 4.90 Å². The monoisotopic (exact) mass is 427 g/mol. The Bertz CT molecular complexity index is 764. The van der Waals surface area contributed by atoms with Gasteiger partial charge >= 0.3 is 0 Å². The summed E-state index contributed by atoms with van der Waals surface area (Å²) in [7, 11) is 0. The van der Waals surface area contributed by atoms with Crippen molar-refractivity contribution in [3.05, 3.63) is 64.4 Å². The number of nitrogens with zero attached hydrogens (tertiary/aromatic N) is 3. The molecule has 1 saturated heterocycles. The minimum atomic E-state index is -0.312. The average Bonchev–Trinajstić information content (AvgIpc) is 3.20. The number of aromatic nitrogens is 1. The number of benzene rings is 1. The number of hydrogen-bond donors (Lipinski definition) is 0. The van der Waals surface area contributed by atoms with Crippen LogP contribution >= 0.6 is 15.9 Å². The Balaban J connectivity index is 1.43. The summed E-state index contributed by atoms with van der Waals surface area (Å²) in [6.07, 6.45) is 7.93. The van der Waals surface area contributed by atoms with E-state index in [0.717, 1.165) is 62.9 Å². The highest BCUT2D eigenvalue weighted by Crippen LogP contribution is 2.43. The summed E-state index contributed by atoms with van der Waals surface area (Å²) in [4.78, 5) is 22.2. The SMILES string of the molecule is O=C(N1CCN(Cc2ccncc2)CC1)C1(c2ccc(Br)cc2)CCCC1. The third kappa shape index (κ3) is 3.94. The number of halogens is 1. The van der Waals surface area contributed by atoms with Gasteiger partial charge in [-0.1, -0.05) is 40.9 Å². The summed E-state index contributed by atoms with van der Waals surface area (Å²) in [5, 5.41) is 0. The molecule has 0 spiro atoms. The van der Waals surface area contributed by atoms with Crippen LogP contribution in [0.25, 0.3) is 0 Å². The van der Waals surface area contributed by atoms with Crippen molar-refractivity contribution in [3.63, 3.8) is 0 Å². The summed E-state index contributed by atoms with van der Waals surface area (Å²) in [5.74, 6) is 0.339. The highest BCUT2D eigenvalue weighted by molar-refractivity contribution is 9.10. The standard InChI is InChI=1S/C22H26BrN3O/c23-20-5-3-19(4-6-20)22(9-1-2-10-22)21(27)26-15-13-25(14-16-26)17-18-7-11-24-12-8-18/h3-8,11-12H,1-2,9-10,13-17H2. The van der Waals surface area contributed by atoms with Crippen LogP contribution in [0.3, 0.4) is 0 Å². The number of hydrogen-bond acceptors (Lipinski definition) is 3. The van der Waals surface area contributed by atoms with E-state index in [-0.39, 0.29) is 5.41 Å². The molecule has 2 heterocycles. The lowest BCUT2D eigenvalue weighted by atomic mass is 9.77. The van der Waals surface area contributed by atoms with Gasteiger partial charge in [0.25, 0.3) is 0 Å². The molecule has 2 aliphatic rings. The van der Waals surface area contributed by atoms with Crippen LogP contribution in [-0.4, -0.2) is 46.9 Å². The molecule has 0 radical (unpaired) electrons. The van der Waals surface area contributed by atoms with Crippen LogP contribution in [0.2, 0.25) is 0 Å². The van der Waals surface area contributed by atoms with Gasteiger partial charge in [0.2, 0.25) is 5.91 Å². The molecule has 142 valence electrons. The highest BCUT2D eigenvalue weighted by atomic mass is 79.9. The highest BCUT2D eigenvalue weighted by Gasteiger charge is 2.45. The molecule has 2 aromatic rings. The van der Waals surface area contributed by atoms with Gasteiger partial charge in [-0.15, -0.1) is 0 Å². The van der Waals surface area contributed by atoms with E-state index in [2.05, 4.69) is 67.1 Å². The first-order valence-corrected chi connectivity index (χ1v) is 10.6. The molecule has 0 atom stereocenters. The average molecular weight is 428 g/mol. The number of pyridine rings is 1. The number of piperazine rings is 1. The molecule has 5 heteroatoms. The van der Waals surface area contributed by atoms with Crippen molar-refractivity contribution in [2.45, 2.75) is 37.6 Å². The van der Waals surface area contributed by atoms with Crippen LogP contribution in [0.1, 0.15) is 36.8 Å². The maximum atomic E-state index is 13.6. The lowest BCUT2D eigenvalue weighted by Gasteiger charge is -2.40. The van der Waals surface area contributed by atoms with E-state index in [0.29, 0.717) is 5.91 Å². The molecular weight excluding hydrogens is 402 g/mol. The van der Waals surface area contributed by atoms with E-state index in [4.69, 9.17) is 0 Å². The zero-order valence-corrected chi connectivity index (χ0v) is 17.2. The molecule has 4 nitrogen and oxygen atoms in total. The Kier molecular flexibility index (Phi) is 5.60. The summed E-state index contributed by atoms with van der Waals surface area (Å²) in [5.41, 5.74) is 2.16. The van der Waals surface area contributed by atoms with Crippen molar-refractivity contribution in [2.75, 3.05) is 26.2 Å². The summed E-state index contributed by atoms with van der Waals surface area (Å²) >= 11 is 3.51. The van der Waals surface area contributed by atoms with Crippen LogP contribution in [0.5, 0.6) is 0 Å². The second-order valence-corrected chi connectivity index (χ2v) is 8.64. The summed E-state index contributed by atoms with van der Waals surface area (Å²) in [6, 6.07) is 12.5. The molecule has 1 aromatic heterocycles. The van der Waals surface area contributed by atoms with Crippen LogP contribution in [0, 0.1) is 0 Å². The maximum absolute atomic E-state index is 13.6. The quantitative estimate of drug-likeness (QED) is 0.739. The van der Waals surface area contributed by atoms with Crippen molar-refractivity contribution in [3.8, 4) is 0 Å². The zero-order chi connectivity index (χ0) is 18.7. The van der Waals surface area contributed by atoms with Crippen molar-refractivity contribution >= 4 is 21.8 Å². The van der Waals surface area contributed by atoms with E-state index < -0.39 is 0 Å². The fourth-order valence-corrected chi connectivity index (χ4v) is 4.80. The van der Waals surface area contributed by atoms with Gasteiger partial charge in [0.05, 0.1) is 5.41 Å². The normalized spacial score (nSPS) is 20.0. The van der Waals surface area contributed by atoms with Gasteiger partial charge in [0.15, 0.2) is 0 Å². The van der Waals surface area contributed by atoms with Crippen LogP contribution in [-0.2, 0) is 16.8 Å². The Morgan fingerprint density at radius 2 is 1.59 bits per heavy atom. The predicted octanol–water partition coefficient (Wildman–Crippen LogP) is 4.00. The van der Waals surface area contributed by atoms with Gasteiger partial charge in [0, 0.05) is 49.6 Å². The lowest BCUT2D eigenvalue weighted by molar-refractivity contribution is -0.139. The minimum Gasteiger partial charge on any atom is -0.339 e. The van der Waals surface area contributed by atoms with E-state index in [9.17, 15) is 4.79 Å². The van der Waals surface area contributed by atoms with E-state index in [1.165, 1.54) is 11.1 Å². The Hall–Kier alpha value is -1.72. The van der Waals surface area contributed by atoms with Gasteiger partial charge in [-0.2, -0.15) is 0 Å². The molecule has 0 N–H and O–H groups in total. The van der Waals surface area contributed by atoms with Crippen LogP contribution < -0.4 is 0 Å². The number of carbonyl (C=O) groups is 1. The third-order valence-corrected chi connectivity index (χ3v) is 6.61. The molecule has 27 heavy (non-hydrogen) atoms. The zero-order valence-electron chi connectivity index (χ0n) is 15.6. The number of rotatable bonds is 4. The molecule has 4 rings (SSSR count). The summed E-state index contributed by atoms with van der Waals surface area (Å²) < 4.78 is 1.07. The molecule has 0 unspecified atom stereocenters. The smallest absolute Gasteiger partial charge is 0.233 e.